The smallest absolute Gasteiger partial charge is 1.00 e. The van der Waals surface area contributed by atoms with E-state index in [0.29, 0.717) is 0 Å². The number of hydrogen-bond donors (Lipinski definition) is 0. The molecule has 0 spiro atoms. The Labute approximate surface area is 325 Å². The van der Waals surface area contributed by atoms with Crippen LogP contribution in [0.1, 0.15) is 0 Å². The van der Waals surface area contributed by atoms with Crippen LogP contribution >= 0.6 is 15.8 Å². The van der Waals surface area contributed by atoms with Gasteiger partial charge < -0.3 is 24.8 Å². The van der Waals surface area contributed by atoms with E-state index in [1.807, 2.05) is 0 Å². The quantitative estimate of drug-likeness (QED) is 0.138. The van der Waals surface area contributed by atoms with Crippen LogP contribution in [0.25, 0.3) is 21.5 Å². The molecule has 5 heteroatoms. The molecule has 0 aliphatic rings. The predicted octanol–water partition coefficient (Wildman–Crippen LogP) is 3.44. The molecule has 0 aliphatic carbocycles. The monoisotopic (exact) mass is 786 g/mol. The van der Waals surface area contributed by atoms with Crippen molar-refractivity contribution in [3.63, 3.8) is 0 Å². The van der Waals surface area contributed by atoms with Crippen LogP contribution in [0.2, 0.25) is 0 Å². The van der Waals surface area contributed by atoms with Gasteiger partial charge in [0.15, 0.2) is 0 Å². The minimum Gasteiger partial charge on any atom is -1.00 e. The zero-order chi connectivity index (χ0) is 31.6. The Kier molecular flexibility index (Phi) is 16.6. The maximum Gasteiger partial charge on any atom is 4.00 e. The number of rotatable bonds is 6. The normalized spacial score (nSPS) is 10.1. The average molecular weight is 789 g/mol. The SMILES string of the molecule is C=C.[Cl-].[Cl-].[Zr+4].c1ccc(P(c2ccccc2)c2ccc3[cH-]ccc3c2)cc1.c1ccc(P(c2ccccc2)c2ccc3[cH-]ccc3c2)cc1. The number of hydrogen-bond acceptors (Lipinski definition) is 0. The van der Waals surface area contributed by atoms with Crippen LogP contribution in [0.3, 0.4) is 0 Å². The molecule has 8 aromatic rings. The van der Waals surface area contributed by atoms with Gasteiger partial charge in [0.1, 0.15) is 0 Å². The molecule has 0 bridgehead atoms. The summed E-state index contributed by atoms with van der Waals surface area (Å²) >= 11 is 0. The summed E-state index contributed by atoms with van der Waals surface area (Å²) < 4.78 is 0. The van der Waals surface area contributed by atoms with Crippen molar-refractivity contribution in [2.45, 2.75) is 0 Å². The average Bonchev–Trinajstić information content (AvgIpc) is 3.81. The third-order valence-corrected chi connectivity index (χ3v) is 12.7. The van der Waals surface area contributed by atoms with Crippen LogP contribution in [0.15, 0.2) is 207 Å². The Bertz CT molecular complexity index is 1860. The van der Waals surface area contributed by atoms with Gasteiger partial charge in [0.05, 0.1) is 0 Å². The Balaban J connectivity index is 0.000000239. The van der Waals surface area contributed by atoms with Gasteiger partial charge in [-0.05, 0) is 47.7 Å². The molecular weight excluding hydrogens is 753 g/mol. The summed E-state index contributed by atoms with van der Waals surface area (Å²) in [5.41, 5.74) is 0. The second-order valence-corrected chi connectivity index (χ2v) is 15.1. The first kappa shape index (κ1) is 40.0. The van der Waals surface area contributed by atoms with Crippen molar-refractivity contribution < 1.29 is 51.0 Å². The van der Waals surface area contributed by atoms with Gasteiger partial charge in [-0.15, -0.1) is 48.2 Å². The zero-order valence-electron chi connectivity index (χ0n) is 27.0. The largest absolute Gasteiger partial charge is 4.00 e. The molecule has 8 aromatic carbocycles. The molecule has 0 saturated heterocycles. The Morgan fingerprint density at radius 1 is 0.347 bits per heavy atom. The molecule has 0 aromatic heterocycles. The second kappa shape index (κ2) is 20.3. The summed E-state index contributed by atoms with van der Waals surface area (Å²) in [4.78, 5) is 0. The topological polar surface area (TPSA) is 0 Å². The van der Waals surface area contributed by atoms with Gasteiger partial charge in [0.2, 0.25) is 0 Å². The molecule has 0 heterocycles. The van der Waals surface area contributed by atoms with Gasteiger partial charge in [0.25, 0.3) is 0 Å². The fourth-order valence-corrected chi connectivity index (χ4v) is 10.4. The Hall–Kier alpha value is -3.40. The summed E-state index contributed by atoms with van der Waals surface area (Å²) in [5, 5.41) is 13.7. The molecule has 0 N–H and O–H groups in total. The van der Waals surface area contributed by atoms with Crippen LogP contribution in [0, 0.1) is 0 Å². The van der Waals surface area contributed by atoms with Gasteiger partial charge in [-0.1, -0.05) is 146 Å². The van der Waals surface area contributed by atoms with Crippen molar-refractivity contribution >= 4 is 69.2 Å². The Morgan fingerprint density at radius 3 is 0.918 bits per heavy atom. The van der Waals surface area contributed by atoms with E-state index in [0.717, 1.165) is 0 Å². The van der Waals surface area contributed by atoms with Crippen molar-refractivity contribution in [3.8, 4) is 0 Å². The van der Waals surface area contributed by atoms with E-state index in [1.165, 1.54) is 53.4 Å². The van der Waals surface area contributed by atoms with Crippen molar-refractivity contribution in [2.24, 2.45) is 0 Å². The van der Waals surface area contributed by atoms with E-state index in [1.54, 1.807) is 0 Å². The van der Waals surface area contributed by atoms with Crippen LogP contribution in [0.5, 0.6) is 0 Å². The molecule has 0 unspecified atom stereocenters. The van der Waals surface area contributed by atoms with E-state index >= 15 is 0 Å². The van der Waals surface area contributed by atoms with Gasteiger partial charge in [-0.3, -0.25) is 0 Å². The maximum atomic E-state index is 3.00. The van der Waals surface area contributed by atoms with E-state index in [4.69, 9.17) is 0 Å². The second-order valence-electron chi connectivity index (χ2n) is 10.7. The van der Waals surface area contributed by atoms with Crippen LogP contribution in [0.4, 0.5) is 0 Å². The van der Waals surface area contributed by atoms with Gasteiger partial charge in [-0.25, -0.2) is 0 Å². The van der Waals surface area contributed by atoms with Crippen molar-refractivity contribution in [1.29, 1.82) is 0 Å². The molecule has 8 rings (SSSR count). The molecule has 0 atom stereocenters. The molecule has 0 nitrogen and oxygen atoms in total. The van der Waals surface area contributed by atoms with Crippen LogP contribution < -0.4 is 56.6 Å². The molecule has 0 saturated carbocycles. The standard InChI is InChI=1S/2C21H16P.C2H4.2ClH.Zr/c2*1-3-10-19(11-4-1)22(20-12-5-2-6-13-20)21-15-14-17-8-7-9-18(17)16-21;1-2;;;/h2*1-16H;1-2H2;2*1H;/q2*-1;;;;+4/p-2. The predicted molar refractivity (Wildman–Crippen MR) is 208 cm³/mol. The summed E-state index contributed by atoms with van der Waals surface area (Å²) in [6.45, 7) is 6.00. The third-order valence-electron chi connectivity index (χ3n) is 7.82. The van der Waals surface area contributed by atoms with E-state index in [2.05, 4.69) is 207 Å². The first-order chi connectivity index (χ1) is 22.8. The van der Waals surface area contributed by atoms with E-state index < -0.39 is 15.8 Å². The zero-order valence-corrected chi connectivity index (χ0v) is 32.8. The number of fused-ring (bicyclic) bond motifs is 2. The molecule has 0 amide bonds. The van der Waals surface area contributed by atoms with E-state index in [-0.39, 0.29) is 51.0 Å². The fourth-order valence-electron chi connectivity index (χ4n) is 5.71. The summed E-state index contributed by atoms with van der Waals surface area (Å²) in [6, 6.07) is 70.1. The summed E-state index contributed by atoms with van der Waals surface area (Å²) in [7, 11) is -1.00. The van der Waals surface area contributed by atoms with Crippen LogP contribution in [-0.2, 0) is 26.2 Å². The van der Waals surface area contributed by atoms with Crippen molar-refractivity contribution in [1.82, 2.24) is 0 Å². The first-order valence-electron chi connectivity index (χ1n) is 15.4. The molecular formula is C44H36Cl2P2Zr. The maximum absolute atomic E-state index is 3.00. The fraction of sp³-hybridized carbons (Fsp3) is 0. The molecule has 240 valence electrons. The van der Waals surface area contributed by atoms with Gasteiger partial charge >= 0.3 is 26.2 Å². The third kappa shape index (κ3) is 9.86. The van der Waals surface area contributed by atoms with Crippen LogP contribution in [-0.4, -0.2) is 0 Å². The molecule has 49 heavy (non-hydrogen) atoms. The van der Waals surface area contributed by atoms with Gasteiger partial charge in [-0.2, -0.15) is 35.0 Å². The van der Waals surface area contributed by atoms with Crippen molar-refractivity contribution in [2.75, 3.05) is 0 Å². The number of benzene rings is 6. The van der Waals surface area contributed by atoms with Gasteiger partial charge in [0, 0.05) is 0 Å². The number of halogens is 2. The summed E-state index contributed by atoms with van der Waals surface area (Å²) in [6.07, 6.45) is 0. The molecule has 0 radical (unpaired) electrons. The van der Waals surface area contributed by atoms with E-state index in [9.17, 15) is 0 Å². The minimum absolute atomic E-state index is 0. The minimum atomic E-state index is -0.500. The Morgan fingerprint density at radius 2 is 0.633 bits per heavy atom. The summed E-state index contributed by atoms with van der Waals surface area (Å²) in [5.74, 6) is 0. The first-order valence-corrected chi connectivity index (χ1v) is 18.1. The van der Waals surface area contributed by atoms with Crippen molar-refractivity contribution in [3.05, 3.63) is 207 Å². The molecule has 0 aliphatic heterocycles. The molecule has 0 fully saturated rings.